The van der Waals surface area contributed by atoms with Crippen LogP contribution < -0.4 is 15.5 Å². The number of carbonyl (C=O) groups is 2. The van der Waals surface area contributed by atoms with Gasteiger partial charge in [-0.15, -0.1) is 0 Å². The maximum Gasteiger partial charge on any atom is 0.253 e. The minimum absolute atomic E-state index is 0.00234. The fraction of sp³-hybridized carbons (Fsp3) is 0.524. The highest BCUT2D eigenvalue weighted by Crippen LogP contribution is 2.21. The highest BCUT2D eigenvalue weighted by molar-refractivity contribution is 5.93. The van der Waals surface area contributed by atoms with Gasteiger partial charge < -0.3 is 20.1 Å². The van der Waals surface area contributed by atoms with Gasteiger partial charge in [-0.2, -0.15) is 0 Å². The summed E-state index contributed by atoms with van der Waals surface area (Å²) in [6.45, 7) is 6.39. The number of rotatable bonds is 8. The third kappa shape index (κ3) is 6.04. The minimum atomic E-state index is -0.195. The summed E-state index contributed by atoms with van der Waals surface area (Å²) in [5, 5.41) is 9.72. The van der Waals surface area contributed by atoms with Crippen molar-refractivity contribution in [2.24, 2.45) is 5.92 Å². The van der Waals surface area contributed by atoms with Crippen LogP contribution in [0.1, 0.15) is 54.9 Å². The molecule has 0 saturated carbocycles. The van der Waals surface area contributed by atoms with Crippen molar-refractivity contribution in [2.45, 2.75) is 46.1 Å². The summed E-state index contributed by atoms with van der Waals surface area (Å²) in [5.74, 6) is 1.72. The molecule has 1 aliphatic rings. The van der Waals surface area contributed by atoms with Gasteiger partial charge in [0.15, 0.2) is 5.76 Å². The van der Waals surface area contributed by atoms with E-state index < -0.39 is 0 Å². The summed E-state index contributed by atoms with van der Waals surface area (Å²) in [5.41, 5.74) is 1.41. The number of pyridine rings is 1. The maximum atomic E-state index is 12.4. The van der Waals surface area contributed by atoms with Crippen LogP contribution in [0.15, 0.2) is 28.9 Å². The lowest BCUT2D eigenvalue weighted by Gasteiger charge is -2.33. The SMILES string of the molecule is CCCc1cc(CNC(=O)c2ccc(N3CCCC(CNC(C)=O)C3)nc2)on1. The van der Waals surface area contributed by atoms with E-state index in [-0.39, 0.29) is 11.8 Å². The van der Waals surface area contributed by atoms with Crippen LogP contribution in [0.4, 0.5) is 5.82 Å². The summed E-state index contributed by atoms with van der Waals surface area (Å²) in [7, 11) is 0. The molecule has 1 saturated heterocycles. The van der Waals surface area contributed by atoms with Crippen molar-refractivity contribution in [3.63, 3.8) is 0 Å². The zero-order valence-corrected chi connectivity index (χ0v) is 17.1. The number of carbonyl (C=O) groups excluding carboxylic acids is 2. The van der Waals surface area contributed by atoms with E-state index in [1.165, 1.54) is 0 Å². The standard InChI is InChI=1S/C21H29N5O3/c1-3-5-18-10-19(29-25-18)13-24-21(28)17-7-8-20(23-12-17)26-9-4-6-16(14-26)11-22-15(2)27/h7-8,10,12,16H,3-6,9,11,13-14H2,1-2H3,(H,22,27)(H,24,28). The number of piperidine rings is 1. The smallest absolute Gasteiger partial charge is 0.253 e. The van der Waals surface area contributed by atoms with Gasteiger partial charge in [0, 0.05) is 38.8 Å². The molecule has 8 nitrogen and oxygen atoms in total. The average molecular weight is 399 g/mol. The van der Waals surface area contributed by atoms with Gasteiger partial charge in [0.2, 0.25) is 5.91 Å². The topological polar surface area (TPSA) is 100 Å². The quantitative estimate of drug-likeness (QED) is 0.706. The Bertz CT molecular complexity index is 818. The van der Waals surface area contributed by atoms with Crippen LogP contribution in [-0.2, 0) is 17.8 Å². The molecule has 1 fully saturated rings. The molecule has 0 radical (unpaired) electrons. The number of aromatic nitrogens is 2. The van der Waals surface area contributed by atoms with E-state index in [0.29, 0.717) is 30.3 Å². The van der Waals surface area contributed by atoms with Crippen molar-refractivity contribution < 1.29 is 14.1 Å². The Balaban J connectivity index is 1.52. The molecule has 1 unspecified atom stereocenters. The van der Waals surface area contributed by atoms with Crippen molar-refractivity contribution in [3.05, 3.63) is 41.4 Å². The van der Waals surface area contributed by atoms with Crippen molar-refractivity contribution in [1.82, 2.24) is 20.8 Å². The summed E-state index contributed by atoms with van der Waals surface area (Å²) >= 11 is 0. The largest absolute Gasteiger partial charge is 0.359 e. The predicted octanol–water partition coefficient (Wildman–Crippen LogP) is 2.30. The molecule has 1 atom stereocenters. The molecule has 3 heterocycles. The van der Waals surface area contributed by atoms with E-state index in [2.05, 4.69) is 32.6 Å². The van der Waals surface area contributed by atoms with E-state index >= 15 is 0 Å². The molecule has 2 N–H and O–H groups in total. The molecule has 0 bridgehead atoms. The zero-order valence-electron chi connectivity index (χ0n) is 17.1. The fourth-order valence-electron chi connectivity index (χ4n) is 3.52. The van der Waals surface area contributed by atoms with Gasteiger partial charge in [0.25, 0.3) is 5.91 Å². The number of nitrogens with one attached hydrogen (secondary N) is 2. The first-order valence-electron chi connectivity index (χ1n) is 10.2. The van der Waals surface area contributed by atoms with E-state index in [1.807, 2.05) is 12.1 Å². The second-order valence-electron chi connectivity index (χ2n) is 7.51. The molecule has 29 heavy (non-hydrogen) atoms. The van der Waals surface area contributed by atoms with E-state index in [4.69, 9.17) is 4.52 Å². The number of aryl methyl sites for hydroxylation is 1. The number of nitrogens with zero attached hydrogens (tertiary/aromatic N) is 3. The Kier molecular flexibility index (Phi) is 7.21. The van der Waals surface area contributed by atoms with E-state index in [0.717, 1.165) is 50.3 Å². The van der Waals surface area contributed by atoms with Gasteiger partial charge in [0.1, 0.15) is 5.82 Å². The third-order valence-corrected chi connectivity index (χ3v) is 5.03. The lowest BCUT2D eigenvalue weighted by atomic mass is 9.98. The average Bonchev–Trinajstić information content (AvgIpc) is 3.18. The molecule has 0 spiro atoms. The Labute approximate surface area is 171 Å². The van der Waals surface area contributed by atoms with Crippen LogP contribution in [0.5, 0.6) is 0 Å². The first-order valence-corrected chi connectivity index (χ1v) is 10.2. The number of anilines is 1. The lowest BCUT2D eigenvalue weighted by molar-refractivity contribution is -0.119. The van der Waals surface area contributed by atoms with Gasteiger partial charge in [0.05, 0.1) is 17.8 Å². The highest BCUT2D eigenvalue weighted by Gasteiger charge is 2.21. The van der Waals surface area contributed by atoms with E-state index in [9.17, 15) is 9.59 Å². The lowest BCUT2D eigenvalue weighted by Crippen LogP contribution is -2.41. The maximum absolute atomic E-state index is 12.4. The number of hydrogen-bond donors (Lipinski definition) is 2. The summed E-state index contributed by atoms with van der Waals surface area (Å²) in [6, 6.07) is 5.54. The van der Waals surface area contributed by atoms with Gasteiger partial charge in [-0.1, -0.05) is 18.5 Å². The summed E-state index contributed by atoms with van der Waals surface area (Å²) in [4.78, 5) is 30.2. The first kappa shape index (κ1) is 20.8. The van der Waals surface area contributed by atoms with Crippen LogP contribution in [0, 0.1) is 5.92 Å². The zero-order chi connectivity index (χ0) is 20.6. The molecule has 8 heteroatoms. The van der Waals surface area contributed by atoms with Crippen molar-refractivity contribution >= 4 is 17.6 Å². The molecular formula is C21H29N5O3. The van der Waals surface area contributed by atoms with Crippen LogP contribution in [-0.4, -0.2) is 41.6 Å². The molecule has 0 aromatic carbocycles. The molecule has 2 aromatic rings. The van der Waals surface area contributed by atoms with Crippen LogP contribution in [0.2, 0.25) is 0 Å². The number of hydrogen-bond acceptors (Lipinski definition) is 6. The van der Waals surface area contributed by atoms with Crippen molar-refractivity contribution in [1.29, 1.82) is 0 Å². The molecule has 1 aliphatic heterocycles. The second-order valence-corrected chi connectivity index (χ2v) is 7.51. The molecule has 2 amide bonds. The van der Waals surface area contributed by atoms with Crippen molar-refractivity contribution in [3.8, 4) is 0 Å². The van der Waals surface area contributed by atoms with Gasteiger partial charge in [-0.3, -0.25) is 9.59 Å². The monoisotopic (exact) mass is 399 g/mol. The fourth-order valence-corrected chi connectivity index (χ4v) is 3.52. The van der Waals surface area contributed by atoms with Gasteiger partial charge >= 0.3 is 0 Å². The molecular weight excluding hydrogens is 370 g/mol. The van der Waals surface area contributed by atoms with Gasteiger partial charge in [-0.05, 0) is 37.3 Å². The number of amides is 2. The molecule has 0 aliphatic carbocycles. The van der Waals surface area contributed by atoms with E-state index in [1.54, 1.807) is 19.2 Å². The second kappa shape index (κ2) is 10.0. The molecule has 2 aromatic heterocycles. The third-order valence-electron chi connectivity index (χ3n) is 5.03. The molecule has 156 valence electrons. The Morgan fingerprint density at radius 3 is 2.90 bits per heavy atom. The Morgan fingerprint density at radius 1 is 1.31 bits per heavy atom. The van der Waals surface area contributed by atoms with Crippen LogP contribution >= 0.6 is 0 Å². The highest BCUT2D eigenvalue weighted by atomic mass is 16.5. The predicted molar refractivity (Wildman–Crippen MR) is 110 cm³/mol. The first-order chi connectivity index (χ1) is 14.0. The van der Waals surface area contributed by atoms with Gasteiger partial charge in [-0.25, -0.2) is 4.98 Å². The van der Waals surface area contributed by atoms with Crippen LogP contribution in [0.25, 0.3) is 0 Å². The molecule has 3 rings (SSSR count). The summed E-state index contributed by atoms with van der Waals surface area (Å²) < 4.78 is 5.23. The van der Waals surface area contributed by atoms with Crippen LogP contribution in [0.3, 0.4) is 0 Å². The van der Waals surface area contributed by atoms with Crippen molar-refractivity contribution in [2.75, 3.05) is 24.5 Å². The Hall–Kier alpha value is -2.90. The Morgan fingerprint density at radius 2 is 2.17 bits per heavy atom. The summed E-state index contributed by atoms with van der Waals surface area (Å²) in [6.07, 6.45) is 5.63. The minimum Gasteiger partial charge on any atom is -0.359 e. The normalized spacial score (nSPS) is 16.5.